The van der Waals surface area contributed by atoms with E-state index < -0.39 is 5.54 Å². The number of halogens is 1. The number of piperidine rings is 1. The van der Waals surface area contributed by atoms with Gasteiger partial charge in [0.2, 0.25) is 5.91 Å². The zero-order valence-electron chi connectivity index (χ0n) is 18.9. The van der Waals surface area contributed by atoms with Gasteiger partial charge in [-0.15, -0.1) is 0 Å². The van der Waals surface area contributed by atoms with Crippen molar-refractivity contribution < 1.29 is 13.9 Å². The number of rotatable bonds is 5. The SMILES string of the molecule is COc1ccccc1-c1ccc(CN2C[C@@H](c3ccccc3F)[C@@]3(CCCC(=O)N3)C2)cc1. The van der Waals surface area contributed by atoms with Gasteiger partial charge in [-0.1, -0.05) is 60.7 Å². The van der Waals surface area contributed by atoms with Crippen molar-refractivity contribution in [2.75, 3.05) is 20.2 Å². The summed E-state index contributed by atoms with van der Waals surface area (Å²) in [7, 11) is 1.69. The number of methoxy groups -OCH3 is 1. The van der Waals surface area contributed by atoms with Crippen LogP contribution in [0.25, 0.3) is 11.1 Å². The summed E-state index contributed by atoms with van der Waals surface area (Å²) in [5, 5.41) is 3.27. The summed E-state index contributed by atoms with van der Waals surface area (Å²) in [5.74, 6) is 0.679. The van der Waals surface area contributed by atoms with Crippen LogP contribution in [-0.4, -0.2) is 36.5 Å². The summed E-state index contributed by atoms with van der Waals surface area (Å²) in [6.07, 6.45) is 2.27. The summed E-state index contributed by atoms with van der Waals surface area (Å²) < 4.78 is 20.3. The Morgan fingerprint density at radius 2 is 1.82 bits per heavy atom. The number of nitrogens with one attached hydrogen (secondary N) is 1. The summed E-state index contributed by atoms with van der Waals surface area (Å²) >= 11 is 0. The Morgan fingerprint density at radius 3 is 2.58 bits per heavy atom. The van der Waals surface area contributed by atoms with Crippen LogP contribution in [0, 0.1) is 5.82 Å². The summed E-state index contributed by atoms with van der Waals surface area (Å²) in [6, 6.07) is 23.5. The fourth-order valence-electron chi connectivity index (χ4n) is 5.56. The molecule has 2 heterocycles. The normalized spacial score (nSPS) is 23.0. The first-order valence-corrected chi connectivity index (χ1v) is 11.6. The lowest BCUT2D eigenvalue weighted by atomic mass is 9.76. The van der Waals surface area contributed by atoms with Crippen LogP contribution in [0.1, 0.15) is 36.3 Å². The predicted octanol–water partition coefficient (Wildman–Crippen LogP) is 5.14. The van der Waals surface area contributed by atoms with Crippen LogP contribution in [0.4, 0.5) is 4.39 Å². The van der Waals surface area contributed by atoms with Crippen LogP contribution in [-0.2, 0) is 11.3 Å². The second-order valence-corrected chi connectivity index (χ2v) is 9.20. The largest absolute Gasteiger partial charge is 0.496 e. The van der Waals surface area contributed by atoms with Crippen molar-refractivity contribution in [1.82, 2.24) is 10.2 Å². The molecule has 2 saturated heterocycles. The van der Waals surface area contributed by atoms with Crippen molar-refractivity contribution in [2.45, 2.75) is 37.3 Å². The van der Waals surface area contributed by atoms with E-state index in [1.54, 1.807) is 13.2 Å². The van der Waals surface area contributed by atoms with Gasteiger partial charge in [0.15, 0.2) is 0 Å². The zero-order chi connectivity index (χ0) is 22.8. The summed E-state index contributed by atoms with van der Waals surface area (Å²) in [6.45, 7) is 2.20. The molecule has 1 amide bonds. The maximum absolute atomic E-state index is 14.8. The highest BCUT2D eigenvalue weighted by atomic mass is 19.1. The molecule has 0 aromatic heterocycles. The third kappa shape index (κ3) is 4.25. The molecule has 1 spiro atoms. The molecule has 4 nitrogen and oxygen atoms in total. The van der Waals surface area contributed by atoms with Gasteiger partial charge in [0.05, 0.1) is 12.6 Å². The lowest BCUT2D eigenvalue weighted by Crippen LogP contribution is -2.56. The highest BCUT2D eigenvalue weighted by molar-refractivity contribution is 5.78. The minimum absolute atomic E-state index is 0.0594. The smallest absolute Gasteiger partial charge is 0.220 e. The van der Waals surface area contributed by atoms with E-state index in [-0.39, 0.29) is 17.6 Å². The van der Waals surface area contributed by atoms with E-state index in [2.05, 4.69) is 40.5 Å². The Bertz CT molecular complexity index is 1150. The van der Waals surface area contributed by atoms with Gasteiger partial charge in [-0.05, 0) is 41.7 Å². The molecule has 2 aliphatic rings. The fourth-order valence-corrected chi connectivity index (χ4v) is 5.56. The van der Waals surface area contributed by atoms with Crippen LogP contribution in [0.5, 0.6) is 5.75 Å². The third-order valence-corrected chi connectivity index (χ3v) is 7.09. The Kier molecular flexibility index (Phi) is 5.90. The number of ether oxygens (including phenoxy) is 1. The molecule has 2 aliphatic heterocycles. The van der Waals surface area contributed by atoms with Gasteiger partial charge >= 0.3 is 0 Å². The second kappa shape index (κ2) is 8.99. The molecule has 0 bridgehead atoms. The quantitative estimate of drug-likeness (QED) is 0.593. The molecule has 3 aromatic carbocycles. The summed E-state index contributed by atoms with van der Waals surface area (Å²) in [5.41, 5.74) is 3.66. The first-order chi connectivity index (χ1) is 16.1. The van der Waals surface area contributed by atoms with Gasteiger partial charge < -0.3 is 10.1 Å². The highest BCUT2D eigenvalue weighted by Gasteiger charge is 2.49. The maximum atomic E-state index is 14.8. The van der Waals surface area contributed by atoms with Crippen LogP contribution < -0.4 is 10.1 Å². The van der Waals surface area contributed by atoms with E-state index in [1.807, 2.05) is 30.3 Å². The molecule has 0 saturated carbocycles. The molecule has 170 valence electrons. The number of hydrogen-bond acceptors (Lipinski definition) is 3. The van der Waals surface area contributed by atoms with Crippen LogP contribution in [0.15, 0.2) is 72.8 Å². The molecule has 5 rings (SSSR count). The Morgan fingerprint density at radius 1 is 1.06 bits per heavy atom. The van der Waals surface area contributed by atoms with Gasteiger partial charge in [-0.2, -0.15) is 0 Å². The molecule has 3 aromatic rings. The predicted molar refractivity (Wildman–Crippen MR) is 128 cm³/mol. The topological polar surface area (TPSA) is 41.6 Å². The standard InChI is InChI=1S/C28H29FN2O2/c1-33-26-10-5-3-7-22(26)21-14-12-20(13-15-21)17-31-18-24(23-8-2-4-9-25(23)29)28(19-31)16-6-11-27(32)30-28/h2-5,7-10,12-15,24H,6,11,16-19H2,1H3,(H,30,32)/t24-,28+/m0/s1. The first-order valence-electron chi connectivity index (χ1n) is 11.6. The number of amides is 1. The van der Waals surface area contributed by atoms with Crippen molar-refractivity contribution in [1.29, 1.82) is 0 Å². The lowest BCUT2D eigenvalue weighted by molar-refractivity contribution is -0.125. The van der Waals surface area contributed by atoms with Crippen LogP contribution >= 0.6 is 0 Å². The van der Waals surface area contributed by atoms with Gasteiger partial charge in [0.25, 0.3) is 0 Å². The fraction of sp³-hybridized carbons (Fsp3) is 0.321. The molecule has 1 N–H and O–H groups in total. The van der Waals surface area contributed by atoms with Crippen molar-refractivity contribution in [2.24, 2.45) is 0 Å². The van der Waals surface area contributed by atoms with Gasteiger partial charge in [-0.3, -0.25) is 9.69 Å². The van der Waals surface area contributed by atoms with Gasteiger partial charge in [0, 0.05) is 37.5 Å². The number of para-hydroxylation sites is 1. The van der Waals surface area contributed by atoms with Crippen molar-refractivity contribution >= 4 is 5.91 Å². The Hall–Kier alpha value is -3.18. The molecule has 2 atom stereocenters. The monoisotopic (exact) mass is 444 g/mol. The minimum atomic E-state index is -0.408. The van der Waals surface area contributed by atoms with E-state index >= 15 is 0 Å². The second-order valence-electron chi connectivity index (χ2n) is 9.20. The number of likely N-dealkylation sites (tertiary alicyclic amines) is 1. The molecular formula is C28H29FN2O2. The third-order valence-electron chi connectivity index (χ3n) is 7.09. The molecular weight excluding hydrogens is 415 g/mol. The molecule has 2 fully saturated rings. The average molecular weight is 445 g/mol. The van der Waals surface area contributed by atoms with E-state index in [4.69, 9.17) is 4.74 Å². The first kappa shape index (κ1) is 21.7. The van der Waals surface area contributed by atoms with E-state index in [1.165, 1.54) is 11.6 Å². The zero-order valence-corrected chi connectivity index (χ0v) is 18.9. The van der Waals surface area contributed by atoms with Crippen LogP contribution in [0.2, 0.25) is 0 Å². The summed E-state index contributed by atoms with van der Waals surface area (Å²) in [4.78, 5) is 14.7. The van der Waals surface area contributed by atoms with E-state index in [0.717, 1.165) is 49.4 Å². The number of hydrogen-bond donors (Lipinski definition) is 1. The molecule has 0 radical (unpaired) electrons. The molecule has 0 unspecified atom stereocenters. The van der Waals surface area contributed by atoms with Crippen LogP contribution in [0.3, 0.4) is 0 Å². The number of carbonyl (C=O) groups is 1. The number of carbonyl (C=O) groups excluding carboxylic acids is 1. The van der Waals surface area contributed by atoms with E-state index in [0.29, 0.717) is 12.0 Å². The maximum Gasteiger partial charge on any atom is 0.220 e. The van der Waals surface area contributed by atoms with E-state index in [9.17, 15) is 9.18 Å². The molecule has 0 aliphatic carbocycles. The van der Waals surface area contributed by atoms with Gasteiger partial charge in [0.1, 0.15) is 11.6 Å². The van der Waals surface area contributed by atoms with Gasteiger partial charge in [-0.25, -0.2) is 4.39 Å². The lowest BCUT2D eigenvalue weighted by Gasteiger charge is -2.39. The highest BCUT2D eigenvalue weighted by Crippen LogP contribution is 2.42. The van der Waals surface area contributed by atoms with Crippen molar-refractivity contribution in [3.8, 4) is 16.9 Å². The van der Waals surface area contributed by atoms with Crippen molar-refractivity contribution in [3.05, 3.63) is 89.7 Å². The average Bonchev–Trinajstić information content (AvgIpc) is 3.16. The number of nitrogens with zero attached hydrogens (tertiary/aromatic N) is 1. The van der Waals surface area contributed by atoms with Crippen molar-refractivity contribution in [3.63, 3.8) is 0 Å². The molecule has 33 heavy (non-hydrogen) atoms. The number of benzene rings is 3. The Labute approximate surface area is 194 Å². The minimum Gasteiger partial charge on any atom is -0.496 e. The molecule has 5 heteroatoms. The Balaban J connectivity index is 1.38.